The molecule has 26 heavy (non-hydrogen) atoms. The maximum absolute atomic E-state index is 12.8. The molecule has 0 atom stereocenters. The summed E-state index contributed by atoms with van der Waals surface area (Å²) in [6.07, 6.45) is 0.800. The maximum Gasteiger partial charge on any atom is 0.241 e. The van der Waals surface area contributed by atoms with Gasteiger partial charge in [0.15, 0.2) is 0 Å². The Hall–Kier alpha value is -1.67. The Morgan fingerprint density at radius 1 is 1.12 bits per heavy atom. The molecule has 1 saturated heterocycles. The number of ether oxygens (including phenoxy) is 1. The Bertz CT molecular complexity index is 833. The van der Waals surface area contributed by atoms with Crippen LogP contribution in [0, 0.1) is 0 Å². The van der Waals surface area contributed by atoms with Crippen LogP contribution in [0.1, 0.15) is 13.3 Å². The number of hydrogen-bond donors (Lipinski definition) is 2. The van der Waals surface area contributed by atoms with E-state index in [1.807, 2.05) is 31.2 Å². The van der Waals surface area contributed by atoms with Crippen LogP contribution in [-0.4, -0.2) is 59.2 Å². The third kappa shape index (κ3) is 4.54. The fraction of sp³-hybridized carbons (Fsp3) is 0.474. The average Bonchev–Trinajstić information content (AvgIpc) is 2.66. The minimum absolute atomic E-state index is 0.304. The Labute approximate surface area is 155 Å². The van der Waals surface area contributed by atoms with E-state index in [-0.39, 0.29) is 0 Å². The summed E-state index contributed by atoms with van der Waals surface area (Å²) in [5.41, 5.74) is 0. The van der Waals surface area contributed by atoms with E-state index in [1.165, 1.54) is 0 Å². The molecule has 0 saturated carbocycles. The molecule has 0 amide bonds. The third-order valence-corrected chi connectivity index (χ3v) is 6.11. The molecule has 2 aromatic carbocycles. The Morgan fingerprint density at radius 2 is 1.85 bits per heavy atom. The van der Waals surface area contributed by atoms with Crippen molar-refractivity contribution in [3.05, 3.63) is 36.4 Å². The molecule has 3 rings (SSSR count). The highest BCUT2D eigenvalue weighted by atomic mass is 32.2. The highest BCUT2D eigenvalue weighted by Gasteiger charge is 2.19. The summed E-state index contributed by atoms with van der Waals surface area (Å²) in [7, 11) is -3.56. The lowest BCUT2D eigenvalue weighted by Gasteiger charge is -2.27. The fourth-order valence-electron chi connectivity index (χ4n) is 3.28. The summed E-state index contributed by atoms with van der Waals surface area (Å²) in [5.74, 6) is 0.709. The topological polar surface area (TPSA) is 70.7 Å². The van der Waals surface area contributed by atoms with Crippen LogP contribution < -0.4 is 14.8 Å². The molecule has 6 nitrogen and oxygen atoms in total. The molecule has 1 aliphatic heterocycles. The summed E-state index contributed by atoms with van der Waals surface area (Å²) in [6.45, 7) is 7.86. The van der Waals surface area contributed by atoms with Gasteiger partial charge in [-0.25, -0.2) is 13.1 Å². The Kier molecular flexibility index (Phi) is 6.48. The van der Waals surface area contributed by atoms with Gasteiger partial charge >= 0.3 is 0 Å². The largest absolute Gasteiger partial charge is 0.493 e. The first-order valence-corrected chi connectivity index (χ1v) is 10.7. The molecular formula is C19H27N3O3S. The number of fused-ring (bicyclic) bond motifs is 1. The minimum atomic E-state index is -3.56. The van der Waals surface area contributed by atoms with E-state index in [0.29, 0.717) is 29.2 Å². The Morgan fingerprint density at radius 3 is 2.58 bits per heavy atom. The van der Waals surface area contributed by atoms with Crippen molar-refractivity contribution in [3.63, 3.8) is 0 Å². The van der Waals surface area contributed by atoms with Gasteiger partial charge in [0.25, 0.3) is 0 Å². The SMILES string of the molecule is CCOc1ccc(S(=O)(=O)NCCCN2CCNCC2)c2ccccc12. The van der Waals surface area contributed by atoms with Crippen molar-refractivity contribution in [1.82, 2.24) is 14.9 Å². The highest BCUT2D eigenvalue weighted by molar-refractivity contribution is 7.89. The van der Waals surface area contributed by atoms with Gasteiger partial charge in [-0.05, 0) is 32.0 Å². The summed E-state index contributed by atoms with van der Waals surface area (Å²) in [4.78, 5) is 2.66. The van der Waals surface area contributed by atoms with Crippen LogP contribution in [0.25, 0.3) is 10.8 Å². The molecule has 0 aliphatic carbocycles. The molecule has 142 valence electrons. The number of sulfonamides is 1. The van der Waals surface area contributed by atoms with Crippen LogP contribution in [0.15, 0.2) is 41.3 Å². The molecule has 0 aromatic heterocycles. The van der Waals surface area contributed by atoms with Crippen molar-refractivity contribution < 1.29 is 13.2 Å². The smallest absolute Gasteiger partial charge is 0.241 e. The first-order valence-electron chi connectivity index (χ1n) is 9.19. The van der Waals surface area contributed by atoms with Crippen molar-refractivity contribution in [2.24, 2.45) is 0 Å². The van der Waals surface area contributed by atoms with Crippen LogP contribution >= 0.6 is 0 Å². The molecule has 1 heterocycles. The number of piperazine rings is 1. The van der Waals surface area contributed by atoms with Crippen LogP contribution in [-0.2, 0) is 10.0 Å². The number of hydrogen-bond acceptors (Lipinski definition) is 5. The van der Waals surface area contributed by atoms with Crippen LogP contribution in [0.3, 0.4) is 0 Å². The second kappa shape index (κ2) is 8.81. The molecule has 0 spiro atoms. The number of nitrogens with one attached hydrogen (secondary N) is 2. The number of nitrogens with zero attached hydrogens (tertiary/aromatic N) is 1. The van der Waals surface area contributed by atoms with E-state index in [9.17, 15) is 8.42 Å². The van der Waals surface area contributed by atoms with Crippen molar-refractivity contribution in [3.8, 4) is 5.75 Å². The van der Waals surface area contributed by atoms with Gasteiger partial charge < -0.3 is 15.0 Å². The molecule has 1 fully saturated rings. The van der Waals surface area contributed by atoms with Gasteiger partial charge in [-0.2, -0.15) is 0 Å². The van der Waals surface area contributed by atoms with E-state index >= 15 is 0 Å². The van der Waals surface area contributed by atoms with Crippen LogP contribution in [0.2, 0.25) is 0 Å². The first-order chi connectivity index (χ1) is 12.6. The first kappa shape index (κ1) is 19.1. The maximum atomic E-state index is 12.8. The monoisotopic (exact) mass is 377 g/mol. The zero-order chi connectivity index (χ0) is 18.4. The molecule has 2 aromatic rings. The quantitative estimate of drug-likeness (QED) is 0.687. The van der Waals surface area contributed by atoms with Crippen LogP contribution in [0.5, 0.6) is 5.75 Å². The van der Waals surface area contributed by atoms with Crippen LogP contribution in [0.4, 0.5) is 0 Å². The summed E-state index contributed by atoms with van der Waals surface area (Å²) in [6, 6.07) is 10.8. The lowest BCUT2D eigenvalue weighted by Crippen LogP contribution is -2.44. The van der Waals surface area contributed by atoms with Crippen molar-refractivity contribution in [1.29, 1.82) is 0 Å². The summed E-state index contributed by atoms with van der Waals surface area (Å²) in [5, 5.41) is 4.82. The normalized spacial score (nSPS) is 16.0. The van der Waals surface area contributed by atoms with Gasteiger partial charge in [-0.15, -0.1) is 0 Å². The van der Waals surface area contributed by atoms with Gasteiger partial charge in [0.05, 0.1) is 11.5 Å². The molecule has 0 bridgehead atoms. The minimum Gasteiger partial charge on any atom is -0.493 e. The van der Waals surface area contributed by atoms with E-state index in [4.69, 9.17) is 4.74 Å². The second-order valence-corrected chi connectivity index (χ2v) is 8.12. The lowest BCUT2D eigenvalue weighted by atomic mass is 10.1. The molecule has 0 radical (unpaired) electrons. The van der Waals surface area contributed by atoms with Gasteiger partial charge in [0.1, 0.15) is 5.75 Å². The highest BCUT2D eigenvalue weighted by Crippen LogP contribution is 2.30. The molecule has 2 N–H and O–H groups in total. The Balaban J connectivity index is 1.69. The van der Waals surface area contributed by atoms with E-state index in [0.717, 1.165) is 44.5 Å². The van der Waals surface area contributed by atoms with E-state index in [2.05, 4.69) is 14.9 Å². The second-order valence-electron chi connectivity index (χ2n) is 6.38. The molecule has 7 heteroatoms. The van der Waals surface area contributed by atoms with Gasteiger partial charge in [-0.3, -0.25) is 0 Å². The summed E-state index contributed by atoms with van der Waals surface area (Å²) < 4.78 is 34.0. The van der Waals surface area contributed by atoms with E-state index in [1.54, 1.807) is 12.1 Å². The predicted molar refractivity (Wildman–Crippen MR) is 104 cm³/mol. The van der Waals surface area contributed by atoms with E-state index < -0.39 is 10.0 Å². The summed E-state index contributed by atoms with van der Waals surface area (Å²) >= 11 is 0. The fourth-order valence-corrected chi connectivity index (χ4v) is 4.56. The lowest BCUT2D eigenvalue weighted by molar-refractivity contribution is 0.239. The van der Waals surface area contributed by atoms with Crippen molar-refractivity contribution >= 4 is 20.8 Å². The molecule has 1 aliphatic rings. The van der Waals surface area contributed by atoms with Crippen molar-refractivity contribution in [2.75, 3.05) is 45.9 Å². The number of rotatable bonds is 8. The van der Waals surface area contributed by atoms with Gasteiger partial charge in [-0.1, -0.05) is 24.3 Å². The van der Waals surface area contributed by atoms with Crippen molar-refractivity contribution in [2.45, 2.75) is 18.2 Å². The standard InChI is InChI=1S/C19H27N3O3S/c1-2-25-18-8-9-19(17-7-4-3-6-16(17)18)26(23,24)21-10-5-13-22-14-11-20-12-15-22/h3-4,6-9,20-21H,2,5,10-15H2,1H3. The molecular weight excluding hydrogens is 350 g/mol. The average molecular weight is 378 g/mol. The zero-order valence-corrected chi connectivity index (χ0v) is 16.0. The predicted octanol–water partition coefficient (Wildman–Crippen LogP) is 1.81. The van der Waals surface area contributed by atoms with Gasteiger partial charge in [0, 0.05) is 43.5 Å². The third-order valence-electron chi connectivity index (χ3n) is 4.59. The van der Waals surface area contributed by atoms with Gasteiger partial charge in [0.2, 0.25) is 10.0 Å². The number of benzene rings is 2. The molecule has 0 unspecified atom stereocenters. The zero-order valence-electron chi connectivity index (χ0n) is 15.2.